The summed E-state index contributed by atoms with van der Waals surface area (Å²) in [6, 6.07) is 17.2. The third-order valence-corrected chi connectivity index (χ3v) is 5.04. The third-order valence-electron chi connectivity index (χ3n) is 5.04. The monoisotopic (exact) mass is 402 g/mol. The maximum Gasteiger partial charge on any atom is 0.246 e. The molecular weight excluding hydrogens is 376 g/mol. The number of amides is 2. The molecule has 1 fully saturated rings. The first-order valence-corrected chi connectivity index (χ1v) is 10.1. The van der Waals surface area contributed by atoms with Crippen molar-refractivity contribution in [1.82, 2.24) is 9.80 Å². The van der Waals surface area contributed by atoms with Crippen molar-refractivity contribution in [2.24, 2.45) is 0 Å². The molecule has 1 heterocycles. The zero-order valence-electron chi connectivity index (χ0n) is 17.2. The predicted molar refractivity (Wildman–Crippen MR) is 117 cm³/mol. The van der Waals surface area contributed by atoms with Crippen LogP contribution in [0, 0.1) is 11.3 Å². The summed E-state index contributed by atoms with van der Waals surface area (Å²) in [5, 5.41) is 11.6. The fourth-order valence-electron chi connectivity index (χ4n) is 3.45. The number of benzene rings is 2. The summed E-state index contributed by atoms with van der Waals surface area (Å²) in [5.74, 6) is -0.0935. The molecule has 6 heteroatoms. The second-order valence-electron chi connectivity index (χ2n) is 7.40. The highest BCUT2D eigenvalue weighted by Gasteiger charge is 2.17. The molecule has 0 spiro atoms. The smallest absolute Gasteiger partial charge is 0.246 e. The second kappa shape index (κ2) is 10.4. The molecule has 1 aliphatic heterocycles. The minimum absolute atomic E-state index is 0.0150. The molecule has 0 aliphatic carbocycles. The molecule has 0 unspecified atom stereocenters. The number of hydrogen-bond acceptors (Lipinski definition) is 4. The molecular formula is C24H26N4O2. The summed E-state index contributed by atoms with van der Waals surface area (Å²) in [7, 11) is 0. The summed E-state index contributed by atoms with van der Waals surface area (Å²) in [6.45, 7) is 5.50. The summed E-state index contributed by atoms with van der Waals surface area (Å²) in [6.07, 6.45) is 4.35. The van der Waals surface area contributed by atoms with Crippen LogP contribution in [0.2, 0.25) is 0 Å². The Hall–Kier alpha value is -3.43. The summed E-state index contributed by atoms with van der Waals surface area (Å²) in [5.41, 5.74) is 3.50. The first-order valence-electron chi connectivity index (χ1n) is 10.1. The van der Waals surface area contributed by atoms with E-state index in [9.17, 15) is 9.59 Å². The Morgan fingerprint density at radius 3 is 2.43 bits per heavy atom. The first kappa shape index (κ1) is 21.3. The molecule has 1 aliphatic rings. The maximum absolute atomic E-state index is 12.6. The van der Waals surface area contributed by atoms with Crippen molar-refractivity contribution in [3.8, 4) is 6.07 Å². The van der Waals surface area contributed by atoms with Gasteiger partial charge in [-0.1, -0.05) is 24.3 Å². The van der Waals surface area contributed by atoms with Crippen molar-refractivity contribution < 1.29 is 9.59 Å². The normalized spacial score (nSPS) is 14.9. The molecule has 2 aromatic carbocycles. The maximum atomic E-state index is 12.6. The van der Waals surface area contributed by atoms with E-state index in [2.05, 4.69) is 16.3 Å². The molecule has 30 heavy (non-hydrogen) atoms. The van der Waals surface area contributed by atoms with Crippen molar-refractivity contribution in [3.05, 3.63) is 71.3 Å². The van der Waals surface area contributed by atoms with Gasteiger partial charge in [0.1, 0.15) is 0 Å². The lowest BCUT2D eigenvalue weighted by atomic mass is 10.1. The van der Waals surface area contributed by atoms with Crippen LogP contribution in [0.4, 0.5) is 5.69 Å². The molecule has 2 aromatic rings. The van der Waals surface area contributed by atoms with E-state index in [4.69, 9.17) is 5.26 Å². The van der Waals surface area contributed by atoms with Gasteiger partial charge in [-0.15, -0.1) is 0 Å². The predicted octanol–water partition coefficient (Wildman–Crippen LogP) is 3.26. The SMILES string of the molecule is CC(=O)Nc1ccc(/C=C/C(=O)N2CCCN(Cc3ccc(C#N)cc3)CC2)cc1. The van der Waals surface area contributed by atoms with Crippen LogP contribution < -0.4 is 5.32 Å². The van der Waals surface area contributed by atoms with Crippen LogP contribution in [0.3, 0.4) is 0 Å². The average Bonchev–Trinajstić information content (AvgIpc) is 2.99. The lowest BCUT2D eigenvalue weighted by molar-refractivity contribution is -0.125. The summed E-state index contributed by atoms with van der Waals surface area (Å²) < 4.78 is 0. The van der Waals surface area contributed by atoms with Crippen LogP contribution in [0.1, 0.15) is 30.0 Å². The fourth-order valence-corrected chi connectivity index (χ4v) is 3.45. The highest BCUT2D eigenvalue weighted by Crippen LogP contribution is 2.13. The van der Waals surface area contributed by atoms with Gasteiger partial charge < -0.3 is 10.2 Å². The second-order valence-corrected chi connectivity index (χ2v) is 7.40. The van der Waals surface area contributed by atoms with E-state index in [-0.39, 0.29) is 11.8 Å². The van der Waals surface area contributed by atoms with E-state index in [1.807, 2.05) is 53.4 Å². The Kier molecular flexibility index (Phi) is 7.36. The van der Waals surface area contributed by atoms with E-state index in [0.29, 0.717) is 12.1 Å². The number of rotatable bonds is 5. The number of carbonyl (C=O) groups is 2. The van der Waals surface area contributed by atoms with Gasteiger partial charge in [0.15, 0.2) is 0 Å². The van der Waals surface area contributed by atoms with Gasteiger partial charge in [0.05, 0.1) is 11.6 Å². The van der Waals surface area contributed by atoms with Crippen LogP contribution in [0.5, 0.6) is 0 Å². The Balaban J connectivity index is 1.51. The number of nitrogens with zero attached hydrogens (tertiary/aromatic N) is 3. The largest absolute Gasteiger partial charge is 0.338 e. The van der Waals surface area contributed by atoms with E-state index < -0.39 is 0 Å². The molecule has 0 radical (unpaired) electrons. The van der Waals surface area contributed by atoms with E-state index in [1.165, 1.54) is 12.5 Å². The van der Waals surface area contributed by atoms with Crippen LogP contribution in [0.25, 0.3) is 6.08 Å². The lowest BCUT2D eigenvalue weighted by Crippen LogP contribution is -2.34. The Morgan fingerprint density at radius 2 is 1.77 bits per heavy atom. The van der Waals surface area contributed by atoms with Gasteiger partial charge in [-0.3, -0.25) is 14.5 Å². The average molecular weight is 402 g/mol. The molecule has 2 amide bonds. The minimum Gasteiger partial charge on any atom is -0.338 e. The minimum atomic E-state index is -0.108. The van der Waals surface area contributed by atoms with Gasteiger partial charge in [-0.25, -0.2) is 0 Å². The first-order chi connectivity index (χ1) is 14.5. The van der Waals surface area contributed by atoms with Crippen molar-refractivity contribution in [3.63, 3.8) is 0 Å². The third kappa shape index (κ3) is 6.29. The van der Waals surface area contributed by atoms with Gasteiger partial charge >= 0.3 is 0 Å². The molecule has 0 atom stereocenters. The highest BCUT2D eigenvalue weighted by molar-refractivity contribution is 5.92. The molecule has 1 saturated heterocycles. The lowest BCUT2D eigenvalue weighted by Gasteiger charge is -2.21. The molecule has 3 rings (SSSR count). The van der Waals surface area contributed by atoms with Gasteiger partial charge in [0.25, 0.3) is 0 Å². The van der Waals surface area contributed by atoms with Crippen molar-refractivity contribution in [1.29, 1.82) is 5.26 Å². The van der Waals surface area contributed by atoms with Crippen molar-refractivity contribution in [2.45, 2.75) is 19.9 Å². The van der Waals surface area contributed by atoms with Gasteiger partial charge in [-0.05, 0) is 47.9 Å². The summed E-state index contributed by atoms with van der Waals surface area (Å²) in [4.78, 5) is 27.9. The van der Waals surface area contributed by atoms with Crippen molar-refractivity contribution >= 4 is 23.6 Å². The Labute approximate surface area is 177 Å². The molecule has 6 nitrogen and oxygen atoms in total. The van der Waals surface area contributed by atoms with Gasteiger partial charge in [0.2, 0.25) is 11.8 Å². The Bertz CT molecular complexity index is 943. The van der Waals surface area contributed by atoms with Crippen LogP contribution in [-0.4, -0.2) is 47.8 Å². The van der Waals surface area contributed by atoms with Gasteiger partial charge in [-0.2, -0.15) is 5.26 Å². The number of carbonyl (C=O) groups excluding carboxylic acids is 2. The quantitative estimate of drug-likeness (QED) is 0.779. The number of nitrogens with one attached hydrogen (secondary N) is 1. The van der Waals surface area contributed by atoms with Gasteiger partial charge in [0, 0.05) is 51.4 Å². The highest BCUT2D eigenvalue weighted by atomic mass is 16.2. The number of hydrogen-bond donors (Lipinski definition) is 1. The zero-order valence-corrected chi connectivity index (χ0v) is 17.2. The van der Waals surface area contributed by atoms with E-state index >= 15 is 0 Å². The molecule has 1 N–H and O–H groups in total. The summed E-state index contributed by atoms with van der Waals surface area (Å²) >= 11 is 0. The zero-order chi connectivity index (χ0) is 21.3. The molecule has 0 saturated carbocycles. The topological polar surface area (TPSA) is 76.4 Å². The molecule has 0 aromatic heterocycles. The van der Waals surface area contributed by atoms with Crippen molar-refractivity contribution in [2.75, 3.05) is 31.5 Å². The van der Waals surface area contributed by atoms with E-state index in [1.54, 1.807) is 12.2 Å². The molecule has 0 bridgehead atoms. The van der Waals surface area contributed by atoms with Crippen LogP contribution >= 0.6 is 0 Å². The molecule has 154 valence electrons. The standard InChI is InChI=1S/C24H26N4O2/c1-19(29)26-23-10-7-20(8-11-23)9-12-24(30)28-14-2-13-27(15-16-28)18-22-5-3-21(17-25)4-6-22/h3-12H,2,13-16,18H2,1H3,(H,26,29)/b12-9+. The fraction of sp³-hybridized carbons (Fsp3) is 0.292. The Morgan fingerprint density at radius 1 is 1.03 bits per heavy atom. The van der Waals surface area contributed by atoms with Crippen LogP contribution in [-0.2, 0) is 16.1 Å². The number of nitriles is 1. The number of anilines is 1. The van der Waals surface area contributed by atoms with Crippen LogP contribution in [0.15, 0.2) is 54.6 Å². The van der Waals surface area contributed by atoms with E-state index in [0.717, 1.165) is 43.9 Å².